The number of thioether (sulfide) groups is 1. The van der Waals surface area contributed by atoms with Crippen LogP contribution in [0.5, 0.6) is 0 Å². The quantitative estimate of drug-likeness (QED) is 0.920. The number of hydrogen-bond donors (Lipinski definition) is 1. The molecule has 3 unspecified atom stereocenters. The molecule has 21 heavy (non-hydrogen) atoms. The highest BCUT2D eigenvalue weighted by atomic mass is 32.2. The van der Waals surface area contributed by atoms with Crippen LogP contribution in [-0.2, 0) is 6.42 Å². The van der Waals surface area contributed by atoms with E-state index in [1.807, 2.05) is 0 Å². The van der Waals surface area contributed by atoms with Crippen LogP contribution in [0.1, 0.15) is 31.2 Å². The fourth-order valence-electron chi connectivity index (χ4n) is 3.96. The summed E-state index contributed by atoms with van der Waals surface area (Å²) in [5, 5.41) is 4.58. The maximum absolute atomic E-state index is 3.72. The molecule has 1 saturated heterocycles. The molecule has 3 atom stereocenters. The molecule has 1 aromatic carbocycles. The molecule has 2 fully saturated rings. The minimum Gasteiger partial charge on any atom is -0.311 e. The van der Waals surface area contributed by atoms with Crippen molar-refractivity contribution in [3.63, 3.8) is 0 Å². The van der Waals surface area contributed by atoms with E-state index in [0.29, 0.717) is 6.04 Å². The van der Waals surface area contributed by atoms with E-state index in [1.54, 1.807) is 0 Å². The van der Waals surface area contributed by atoms with Crippen molar-refractivity contribution in [1.29, 1.82) is 0 Å². The highest BCUT2D eigenvalue weighted by molar-refractivity contribution is 7.99. The minimum absolute atomic E-state index is 0.616. The lowest BCUT2D eigenvalue weighted by molar-refractivity contribution is 0.119. The van der Waals surface area contributed by atoms with Crippen molar-refractivity contribution in [1.82, 2.24) is 10.2 Å². The smallest absolute Gasteiger partial charge is 0.0236 e. The molecule has 2 aliphatic rings. The maximum Gasteiger partial charge on any atom is 0.0236 e. The summed E-state index contributed by atoms with van der Waals surface area (Å²) in [7, 11) is 0. The Morgan fingerprint density at radius 2 is 2.00 bits per heavy atom. The molecule has 3 heteroatoms. The molecular formula is C18H28N2S. The van der Waals surface area contributed by atoms with Gasteiger partial charge in [-0.2, -0.15) is 11.8 Å². The molecule has 0 radical (unpaired) electrons. The molecule has 1 N–H and O–H groups in total. The summed E-state index contributed by atoms with van der Waals surface area (Å²) in [6.45, 7) is 3.60. The van der Waals surface area contributed by atoms with Gasteiger partial charge in [0.2, 0.25) is 0 Å². The van der Waals surface area contributed by atoms with Crippen LogP contribution in [0.25, 0.3) is 0 Å². The lowest BCUT2D eigenvalue weighted by Crippen LogP contribution is -2.57. The average molecular weight is 305 g/mol. The fourth-order valence-corrected chi connectivity index (χ4v) is 4.98. The van der Waals surface area contributed by atoms with Crippen LogP contribution in [0.3, 0.4) is 0 Å². The van der Waals surface area contributed by atoms with Gasteiger partial charge < -0.3 is 5.32 Å². The van der Waals surface area contributed by atoms with Crippen molar-refractivity contribution in [2.24, 2.45) is 0 Å². The topological polar surface area (TPSA) is 15.3 Å². The van der Waals surface area contributed by atoms with Gasteiger partial charge in [-0.3, -0.25) is 4.90 Å². The second-order valence-electron chi connectivity index (χ2n) is 6.46. The second kappa shape index (κ2) is 7.66. The van der Waals surface area contributed by atoms with Gasteiger partial charge in [-0.25, -0.2) is 0 Å². The number of nitrogens with zero attached hydrogens (tertiary/aromatic N) is 1. The Bertz CT molecular complexity index is 422. The fraction of sp³-hybridized carbons (Fsp3) is 0.667. The summed E-state index contributed by atoms with van der Waals surface area (Å²) >= 11 is 2.09. The molecule has 1 aliphatic carbocycles. The van der Waals surface area contributed by atoms with Gasteiger partial charge in [0, 0.05) is 37.0 Å². The van der Waals surface area contributed by atoms with E-state index in [0.717, 1.165) is 24.3 Å². The molecule has 2 nitrogen and oxygen atoms in total. The first kappa shape index (κ1) is 15.4. The van der Waals surface area contributed by atoms with Gasteiger partial charge in [0.05, 0.1) is 0 Å². The van der Waals surface area contributed by atoms with Gasteiger partial charge in [-0.1, -0.05) is 43.2 Å². The number of piperazine rings is 1. The lowest BCUT2D eigenvalue weighted by atomic mass is 9.92. The average Bonchev–Trinajstić information content (AvgIpc) is 2.56. The summed E-state index contributed by atoms with van der Waals surface area (Å²) in [6.07, 6.45) is 9.14. The summed E-state index contributed by atoms with van der Waals surface area (Å²) in [5.41, 5.74) is 1.46. The van der Waals surface area contributed by atoms with E-state index in [2.05, 4.69) is 58.6 Å². The third-order valence-corrected chi connectivity index (χ3v) is 6.21. The molecule has 116 valence electrons. The van der Waals surface area contributed by atoms with E-state index < -0.39 is 0 Å². The van der Waals surface area contributed by atoms with Gasteiger partial charge in [0.25, 0.3) is 0 Å². The Balaban J connectivity index is 1.60. The van der Waals surface area contributed by atoms with E-state index >= 15 is 0 Å². The van der Waals surface area contributed by atoms with Gasteiger partial charge in [0.1, 0.15) is 0 Å². The van der Waals surface area contributed by atoms with Crippen molar-refractivity contribution in [3.05, 3.63) is 35.9 Å². The maximum atomic E-state index is 3.72. The third kappa shape index (κ3) is 4.02. The van der Waals surface area contributed by atoms with E-state index in [9.17, 15) is 0 Å². The number of hydrogen-bond acceptors (Lipinski definition) is 3. The Morgan fingerprint density at radius 1 is 1.19 bits per heavy atom. The highest BCUT2D eigenvalue weighted by Crippen LogP contribution is 2.31. The van der Waals surface area contributed by atoms with Crippen LogP contribution in [0.4, 0.5) is 0 Å². The van der Waals surface area contributed by atoms with E-state index in [4.69, 9.17) is 0 Å². The molecule has 0 spiro atoms. The zero-order valence-corrected chi connectivity index (χ0v) is 13.9. The molecule has 1 saturated carbocycles. The Hall–Kier alpha value is -0.510. The van der Waals surface area contributed by atoms with Crippen LogP contribution >= 0.6 is 11.8 Å². The first-order valence-electron chi connectivity index (χ1n) is 8.41. The number of nitrogens with one attached hydrogen (secondary N) is 1. The minimum atomic E-state index is 0.616. The number of benzene rings is 1. The zero-order valence-electron chi connectivity index (χ0n) is 13.1. The first-order valence-corrected chi connectivity index (χ1v) is 9.70. The summed E-state index contributed by atoms with van der Waals surface area (Å²) in [4.78, 5) is 2.78. The van der Waals surface area contributed by atoms with Crippen molar-refractivity contribution in [2.45, 2.75) is 49.4 Å². The van der Waals surface area contributed by atoms with E-state index in [-0.39, 0.29) is 0 Å². The van der Waals surface area contributed by atoms with Crippen molar-refractivity contribution in [3.8, 4) is 0 Å². The second-order valence-corrected chi connectivity index (χ2v) is 7.54. The summed E-state index contributed by atoms with van der Waals surface area (Å²) in [5.74, 6) is 0. The first-order chi connectivity index (χ1) is 10.4. The van der Waals surface area contributed by atoms with E-state index in [1.165, 1.54) is 44.3 Å². The molecule has 0 bridgehead atoms. The standard InChI is InChI=1S/C18H28N2S/c1-21-18-10-6-5-9-17(18)20-12-11-19-16(14-20)13-15-7-3-2-4-8-15/h2-4,7-8,16-19H,5-6,9-14H2,1H3. The molecule has 3 rings (SSSR count). The molecule has 1 aliphatic heterocycles. The van der Waals surface area contributed by atoms with Gasteiger partial charge in [0.15, 0.2) is 0 Å². The van der Waals surface area contributed by atoms with Gasteiger partial charge >= 0.3 is 0 Å². The SMILES string of the molecule is CSC1CCCCC1N1CCNC(Cc2ccccc2)C1. The third-order valence-electron chi connectivity index (χ3n) is 5.05. The van der Waals surface area contributed by atoms with Crippen LogP contribution in [0.15, 0.2) is 30.3 Å². The zero-order chi connectivity index (χ0) is 14.5. The van der Waals surface area contributed by atoms with Crippen LogP contribution in [-0.4, -0.2) is 48.1 Å². The molecular weight excluding hydrogens is 276 g/mol. The van der Waals surface area contributed by atoms with Crippen LogP contribution in [0, 0.1) is 0 Å². The van der Waals surface area contributed by atoms with Crippen LogP contribution < -0.4 is 5.32 Å². The molecule has 0 aromatic heterocycles. The predicted molar refractivity (Wildman–Crippen MR) is 93.1 cm³/mol. The Kier molecular flexibility index (Phi) is 5.61. The van der Waals surface area contributed by atoms with Crippen molar-refractivity contribution >= 4 is 11.8 Å². The normalized spacial score (nSPS) is 31.2. The van der Waals surface area contributed by atoms with Crippen LogP contribution in [0.2, 0.25) is 0 Å². The molecule has 1 heterocycles. The number of rotatable bonds is 4. The van der Waals surface area contributed by atoms with Gasteiger partial charge in [-0.15, -0.1) is 0 Å². The highest BCUT2D eigenvalue weighted by Gasteiger charge is 2.32. The Labute approximate surface area is 133 Å². The molecule has 1 aromatic rings. The van der Waals surface area contributed by atoms with Crippen molar-refractivity contribution in [2.75, 3.05) is 25.9 Å². The monoisotopic (exact) mass is 304 g/mol. The molecule has 0 amide bonds. The Morgan fingerprint density at radius 3 is 2.81 bits per heavy atom. The summed E-state index contributed by atoms with van der Waals surface area (Å²) in [6, 6.07) is 12.4. The van der Waals surface area contributed by atoms with Gasteiger partial charge in [-0.05, 0) is 31.1 Å². The lowest BCUT2D eigenvalue weighted by Gasteiger charge is -2.43. The summed E-state index contributed by atoms with van der Waals surface area (Å²) < 4.78 is 0. The predicted octanol–water partition coefficient (Wildman–Crippen LogP) is 3.18. The largest absolute Gasteiger partial charge is 0.311 e. The van der Waals surface area contributed by atoms with Crippen molar-refractivity contribution < 1.29 is 0 Å².